The molecule has 2 atom stereocenters. The summed E-state index contributed by atoms with van der Waals surface area (Å²) in [5, 5.41) is 5.94. The van der Waals surface area contributed by atoms with E-state index in [1.807, 2.05) is 24.3 Å². The average Bonchev–Trinajstić information content (AvgIpc) is 3.67. The first-order valence-electron chi connectivity index (χ1n) is 13.9. The van der Waals surface area contributed by atoms with Crippen molar-refractivity contribution in [3.63, 3.8) is 0 Å². The first-order chi connectivity index (χ1) is 18.7. The van der Waals surface area contributed by atoms with Crippen LogP contribution in [0.15, 0.2) is 48.5 Å². The van der Waals surface area contributed by atoms with Gasteiger partial charge in [0.25, 0.3) is 11.8 Å². The van der Waals surface area contributed by atoms with Crippen LogP contribution in [0.4, 0.5) is 0 Å². The molecule has 2 unspecified atom stereocenters. The summed E-state index contributed by atoms with van der Waals surface area (Å²) >= 11 is 0. The fourth-order valence-electron chi connectivity index (χ4n) is 4.55. The number of ether oxygens (including phenoxy) is 4. The Hall–Kier alpha value is -3.10. The highest BCUT2D eigenvalue weighted by Gasteiger charge is 2.17. The zero-order valence-electron chi connectivity index (χ0n) is 22.1. The lowest BCUT2D eigenvalue weighted by atomic mass is 10.1. The zero-order valence-corrected chi connectivity index (χ0v) is 22.1. The largest absolute Gasteiger partial charge is 0.491 e. The molecule has 0 aliphatic carbocycles. The molecule has 38 heavy (non-hydrogen) atoms. The highest BCUT2D eigenvalue weighted by molar-refractivity contribution is 5.94. The van der Waals surface area contributed by atoms with E-state index >= 15 is 0 Å². The summed E-state index contributed by atoms with van der Waals surface area (Å²) in [4.78, 5) is 24.7. The highest BCUT2D eigenvalue weighted by atomic mass is 16.5. The van der Waals surface area contributed by atoms with Crippen LogP contribution in [0, 0.1) is 0 Å². The van der Waals surface area contributed by atoms with E-state index in [1.165, 1.54) is 0 Å². The first-order valence-corrected chi connectivity index (χ1v) is 13.9. The Labute approximate surface area is 225 Å². The zero-order chi connectivity index (χ0) is 26.4. The summed E-state index contributed by atoms with van der Waals surface area (Å²) in [7, 11) is 0. The molecule has 206 valence electrons. The van der Waals surface area contributed by atoms with E-state index in [4.69, 9.17) is 18.9 Å². The third-order valence-corrected chi connectivity index (χ3v) is 6.83. The Morgan fingerprint density at radius 2 is 1.08 bits per heavy atom. The van der Waals surface area contributed by atoms with Crippen LogP contribution in [0.5, 0.6) is 11.5 Å². The molecule has 2 amide bonds. The fourth-order valence-corrected chi connectivity index (χ4v) is 4.55. The summed E-state index contributed by atoms with van der Waals surface area (Å²) < 4.78 is 22.6. The number of hydrogen-bond acceptors (Lipinski definition) is 6. The van der Waals surface area contributed by atoms with Crippen molar-refractivity contribution in [2.45, 2.75) is 63.6 Å². The van der Waals surface area contributed by atoms with E-state index < -0.39 is 0 Å². The molecular weight excluding hydrogens is 484 g/mol. The maximum atomic E-state index is 12.4. The van der Waals surface area contributed by atoms with Crippen LogP contribution in [-0.4, -0.2) is 63.5 Å². The maximum absolute atomic E-state index is 12.4. The van der Waals surface area contributed by atoms with E-state index in [9.17, 15) is 9.59 Å². The van der Waals surface area contributed by atoms with Gasteiger partial charge in [-0.05, 0) is 87.1 Å². The molecule has 2 fully saturated rings. The number of carbonyl (C=O) groups excluding carboxylic acids is 2. The van der Waals surface area contributed by atoms with Gasteiger partial charge < -0.3 is 29.6 Å². The van der Waals surface area contributed by atoms with Gasteiger partial charge in [0.1, 0.15) is 24.7 Å². The standard InChI is InChI=1S/C30H40N2O6/c33-29(23-9-13-25(14-10-23)37-21-27-7-5-19-35-27)31-17-3-1-2-4-18-32-30(34)24-11-15-26(16-12-24)38-22-28-8-6-20-36-28/h9-16,27-28H,1-8,17-22H2,(H,31,33)(H,32,34). The molecular formula is C30H40N2O6. The van der Waals surface area contributed by atoms with Crippen molar-refractivity contribution in [1.82, 2.24) is 10.6 Å². The Morgan fingerprint density at radius 1 is 0.658 bits per heavy atom. The predicted molar refractivity (Wildman–Crippen MR) is 145 cm³/mol. The van der Waals surface area contributed by atoms with Gasteiger partial charge in [-0.3, -0.25) is 9.59 Å². The molecule has 2 N–H and O–H groups in total. The topological polar surface area (TPSA) is 95.1 Å². The Bertz CT molecular complexity index is 901. The lowest BCUT2D eigenvalue weighted by molar-refractivity contribution is 0.0679. The molecule has 0 saturated carbocycles. The van der Waals surface area contributed by atoms with Gasteiger partial charge >= 0.3 is 0 Å². The molecule has 2 aromatic rings. The van der Waals surface area contributed by atoms with Gasteiger partial charge in [0.2, 0.25) is 0 Å². The second kappa shape index (κ2) is 15.3. The molecule has 8 nitrogen and oxygen atoms in total. The van der Waals surface area contributed by atoms with Gasteiger partial charge in [0.15, 0.2) is 0 Å². The lowest BCUT2D eigenvalue weighted by Crippen LogP contribution is -2.25. The van der Waals surface area contributed by atoms with Crippen molar-refractivity contribution in [2.24, 2.45) is 0 Å². The second-order valence-electron chi connectivity index (χ2n) is 9.87. The molecule has 0 bridgehead atoms. The molecule has 2 saturated heterocycles. The molecule has 2 aliphatic heterocycles. The minimum atomic E-state index is -0.0776. The van der Waals surface area contributed by atoms with Crippen molar-refractivity contribution in [2.75, 3.05) is 39.5 Å². The molecule has 2 aliphatic rings. The second-order valence-corrected chi connectivity index (χ2v) is 9.87. The van der Waals surface area contributed by atoms with Gasteiger partial charge in [-0.2, -0.15) is 0 Å². The summed E-state index contributed by atoms with van der Waals surface area (Å²) in [6, 6.07) is 14.5. The predicted octanol–water partition coefficient (Wildman–Crippen LogP) is 4.52. The summed E-state index contributed by atoms with van der Waals surface area (Å²) in [6.45, 7) is 3.98. The van der Waals surface area contributed by atoms with Crippen LogP contribution in [0.1, 0.15) is 72.1 Å². The molecule has 2 aromatic carbocycles. The summed E-state index contributed by atoms with van der Waals surface area (Å²) in [5.74, 6) is 1.35. The minimum Gasteiger partial charge on any atom is -0.491 e. The molecule has 2 heterocycles. The number of rotatable bonds is 15. The normalized spacial score (nSPS) is 18.7. The monoisotopic (exact) mass is 524 g/mol. The number of benzene rings is 2. The maximum Gasteiger partial charge on any atom is 0.251 e. The third kappa shape index (κ3) is 9.33. The molecule has 8 heteroatoms. The first kappa shape index (κ1) is 27.9. The van der Waals surface area contributed by atoms with Crippen molar-refractivity contribution in [3.8, 4) is 11.5 Å². The lowest BCUT2D eigenvalue weighted by Gasteiger charge is -2.12. The fraction of sp³-hybridized carbons (Fsp3) is 0.533. The van der Waals surface area contributed by atoms with Crippen molar-refractivity contribution in [3.05, 3.63) is 59.7 Å². The van der Waals surface area contributed by atoms with Crippen LogP contribution in [0.25, 0.3) is 0 Å². The number of nitrogens with one attached hydrogen (secondary N) is 2. The van der Waals surface area contributed by atoms with Crippen LogP contribution in [-0.2, 0) is 9.47 Å². The van der Waals surface area contributed by atoms with Gasteiger partial charge in [-0.15, -0.1) is 0 Å². The van der Waals surface area contributed by atoms with Crippen LogP contribution in [0.3, 0.4) is 0 Å². The van der Waals surface area contributed by atoms with Crippen LogP contribution < -0.4 is 20.1 Å². The van der Waals surface area contributed by atoms with E-state index in [0.29, 0.717) is 37.4 Å². The quantitative estimate of drug-likeness (QED) is 0.333. The third-order valence-electron chi connectivity index (χ3n) is 6.83. The van der Waals surface area contributed by atoms with Crippen molar-refractivity contribution in [1.29, 1.82) is 0 Å². The minimum absolute atomic E-state index is 0.0776. The highest BCUT2D eigenvalue weighted by Crippen LogP contribution is 2.18. The van der Waals surface area contributed by atoms with Gasteiger partial charge in [0.05, 0.1) is 12.2 Å². The smallest absolute Gasteiger partial charge is 0.251 e. The van der Waals surface area contributed by atoms with Gasteiger partial charge in [0, 0.05) is 37.4 Å². The Morgan fingerprint density at radius 3 is 1.45 bits per heavy atom. The van der Waals surface area contributed by atoms with Gasteiger partial charge in [-0.1, -0.05) is 12.8 Å². The molecule has 0 aromatic heterocycles. The number of carbonyl (C=O) groups is 2. The summed E-state index contributed by atoms with van der Waals surface area (Å²) in [5.41, 5.74) is 1.25. The van der Waals surface area contributed by atoms with Crippen molar-refractivity contribution >= 4 is 11.8 Å². The number of amides is 2. The molecule has 4 rings (SSSR count). The van der Waals surface area contributed by atoms with Crippen LogP contribution in [0.2, 0.25) is 0 Å². The van der Waals surface area contributed by atoms with E-state index in [-0.39, 0.29) is 24.0 Å². The van der Waals surface area contributed by atoms with Gasteiger partial charge in [-0.25, -0.2) is 0 Å². The average molecular weight is 525 g/mol. The summed E-state index contributed by atoms with van der Waals surface area (Å²) in [6.07, 6.45) is 8.38. The van der Waals surface area contributed by atoms with E-state index in [2.05, 4.69) is 10.6 Å². The SMILES string of the molecule is O=C(NCCCCCCNC(=O)c1ccc(OCC2CCCO2)cc1)c1ccc(OCC2CCCO2)cc1. The number of unbranched alkanes of at least 4 members (excludes halogenated alkanes) is 3. The van der Waals surface area contributed by atoms with Crippen molar-refractivity contribution < 1.29 is 28.5 Å². The molecule has 0 spiro atoms. The molecule has 0 radical (unpaired) electrons. The Kier molecular flexibility index (Phi) is 11.3. The van der Waals surface area contributed by atoms with Crippen LogP contribution >= 0.6 is 0 Å². The van der Waals surface area contributed by atoms with E-state index in [0.717, 1.165) is 76.1 Å². The number of hydrogen-bond donors (Lipinski definition) is 2. The Balaban J connectivity index is 1.01. The van der Waals surface area contributed by atoms with E-state index in [1.54, 1.807) is 24.3 Å².